The Bertz CT molecular complexity index is 1810. The Kier molecular flexibility index (Phi) is 7.81. The van der Waals surface area contributed by atoms with Crippen LogP contribution in [0.4, 0.5) is 11.4 Å². The zero-order chi connectivity index (χ0) is 27.6. The fourth-order valence-corrected chi connectivity index (χ4v) is 5.64. The number of rotatable bonds is 7. The molecule has 0 heterocycles. The summed E-state index contributed by atoms with van der Waals surface area (Å²) in [5.41, 5.74) is 0.705. The van der Waals surface area contributed by atoms with Gasteiger partial charge in [0.25, 0.3) is 15.9 Å². The molecule has 0 aliphatic heterocycles. The molecule has 0 radical (unpaired) electrons. The summed E-state index contributed by atoms with van der Waals surface area (Å²) in [6.07, 6.45) is 0. The number of carbonyl (C=O) groups is 1. The number of halogens is 3. The third-order valence-corrected chi connectivity index (χ3v) is 8.15. The summed E-state index contributed by atoms with van der Waals surface area (Å²) in [6.45, 7) is 0. The van der Waals surface area contributed by atoms with Gasteiger partial charge in [0.05, 0.1) is 21.2 Å². The summed E-state index contributed by atoms with van der Waals surface area (Å²) >= 11 is 15.7. The van der Waals surface area contributed by atoms with Crippen LogP contribution in [0.15, 0.2) is 112 Å². The van der Waals surface area contributed by atoms with Gasteiger partial charge in [-0.25, -0.2) is 8.42 Å². The van der Waals surface area contributed by atoms with Crippen molar-refractivity contribution in [3.05, 3.63) is 123 Å². The highest BCUT2D eigenvalue weighted by Gasteiger charge is 2.20. The number of benzene rings is 5. The van der Waals surface area contributed by atoms with Crippen LogP contribution in [-0.4, -0.2) is 14.3 Å². The topological polar surface area (TPSA) is 84.5 Å². The van der Waals surface area contributed by atoms with E-state index in [0.29, 0.717) is 22.2 Å². The monoisotopic (exact) mass is 640 g/mol. The summed E-state index contributed by atoms with van der Waals surface area (Å²) in [6, 6.07) is 28.5. The van der Waals surface area contributed by atoms with E-state index in [1.807, 2.05) is 30.3 Å². The Morgan fingerprint density at radius 3 is 2.28 bits per heavy atom. The van der Waals surface area contributed by atoms with Crippen molar-refractivity contribution in [3.8, 4) is 11.5 Å². The van der Waals surface area contributed by atoms with Gasteiger partial charge in [-0.15, -0.1) is 0 Å². The number of fused-ring (bicyclic) bond motifs is 1. The maximum absolute atomic E-state index is 13.2. The molecule has 0 spiro atoms. The second kappa shape index (κ2) is 11.3. The van der Waals surface area contributed by atoms with E-state index in [1.165, 1.54) is 42.5 Å². The van der Waals surface area contributed by atoms with Crippen LogP contribution in [0.25, 0.3) is 10.8 Å². The molecule has 39 heavy (non-hydrogen) atoms. The molecule has 0 saturated carbocycles. The van der Waals surface area contributed by atoms with Crippen molar-refractivity contribution in [2.75, 3.05) is 10.0 Å². The van der Waals surface area contributed by atoms with Crippen LogP contribution in [0.2, 0.25) is 10.0 Å². The fourth-order valence-electron chi connectivity index (χ4n) is 3.83. The van der Waals surface area contributed by atoms with Gasteiger partial charge in [-0.05, 0) is 89.6 Å². The predicted octanol–water partition coefficient (Wildman–Crippen LogP) is 8.75. The van der Waals surface area contributed by atoms with Crippen LogP contribution in [0, 0.1) is 0 Å². The molecule has 0 saturated heterocycles. The first-order chi connectivity index (χ1) is 18.7. The molecule has 5 aromatic carbocycles. The highest BCUT2D eigenvalue weighted by atomic mass is 79.9. The van der Waals surface area contributed by atoms with Gasteiger partial charge < -0.3 is 10.1 Å². The summed E-state index contributed by atoms with van der Waals surface area (Å²) in [5.74, 6) is 0.343. The first kappa shape index (κ1) is 27.0. The first-order valence-corrected chi connectivity index (χ1v) is 14.6. The van der Waals surface area contributed by atoms with Crippen molar-refractivity contribution in [1.82, 2.24) is 0 Å². The minimum absolute atomic E-state index is 0.0176. The Morgan fingerprint density at radius 2 is 1.51 bits per heavy atom. The standard InChI is InChI=1S/C29H19BrCl2N2O4S/c30-20-7-5-19-16-22(9-6-18(19)15-20)33-29(35)25-17-21(31)8-14-27(25)34-39(36,37)24-12-10-23(11-13-24)38-28-4-2-1-3-26(28)32/h1-17,34H,(H,33,35). The quantitative estimate of drug-likeness (QED) is 0.186. The lowest BCUT2D eigenvalue weighted by molar-refractivity contribution is 0.102. The number of hydrogen-bond donors (Lipinski definition) is 2. The van der Waals surface area contributed by atoms with Crippen molar-refractivity contribution in [2.45, 2.75) is 4.90 Å². The van der Waals surface area contributed by atoms with Gasteiger partial charge in [-0.3, -0.25) is 9.52 Å². The van der Waals surface area contributed by atoms with Gasteiger partial charge in [-0.2, -0.15) is 0 Å². The summed E-state index contributed by atoms with van der Waals surface area (Å²) in [5, 5.41) is 5.48. The number of sulfonamides is 1. The molecule has 10 heteroatoms. The molecule has 1 amide bonds. The van der Waals surface area contributed by atoms with Gasteiger partial charge >= 0.3 is 0 Å². The van der Waals surface area contributed by atoms with Crippen LogP contribution >= 0.6 is 39.1 Å². The molecule has 6 nitrogen and oxygen atoms in total. The second-order valence-corrected chi connectivity index (χ2v) is 11.9. The molecule has 0 unspecified atom stereocenters. The normalized spacial score (nSPS) is 11.3. The van der Waals surface area contributed by atoms with Gasteiger partial charge in [0.15, 0.2) is 0 Å². The van der Waals surface area contributed by atoms with Crippen LogP contribution in [-0.2, 0) is 10.0 Å². The van der Waals surface area contributed by atoms with E-state index in [-0.39, 0.29) is 21.2 Å². The smallest absolute Gasteiger partial charge is 0.261 e. The molecule has 5 rings (SSSR count). The number of ether oxygens (including phenoxy) is 1. The average molecular weight is 642 g/mol. The first-order valence-electron chi connectivity index (χ1n) is 11.5. The van der Waals surface area contributed by atoms with Gasteiger partial charge in [0.1, 0.15) is 11.5 Å². The number of amides is 1. The lowest BCUT2D eigenvalue weighted by atomic mass is 10.1. The maximum atomic E-state index is 13.2. The molecule has 5 aromatic rings. The Morgan fingerprint density at radius 1 is 0.795 bits per heavy atom. The van der Waals surface area contributed by atoms with E-state index in [9.17, 15) is 13.2 Å². The highest BCUT2D eigenvalue weighted by Crippen LogP contribution is 2.31. The maximum Gasteiger partial charge on any atom is 0.261 e. The third-order valence-electron chi connectivity index (χ3n) is 5.73. The van der Waals surface area contributed by atoms with Gasteiger partial charge in [0.2, 0.25) is 0 Å². The Balaban J connectivity index is 1.36. The van der Waals surface area contributed by atoms with E-state index >= 15 is 0 Å². The minimum Gasteiger partial charge on any atom is -0.456 e. The number of para-hydroxylation sites is 1. The van der Waals surface area contributed by atoms with Crippen molar-refractivity contribution in [2.24, 2.45) is 0 Å². The zero-order valence-corrected chi connectivity index (χ0v) is 23.9. The molecule has 0 bridgehead atoms. The summed E-state index contributed by atoms with van der Waals surface area (Å²) in [4.78, 5) is 13.2. The SMILES string of the molecule is O=C(Nc1ccc2cc(Br)ccc2c1)c1cc(Cl)ccc1NS(=O)(=O)c1ccc(Oc2ccccc2Cl)cc1. The number of anilines is 2. The van der Waals surface area contributed by atoms with Crippen molar-refractivity contribution in [1.29, 1.82) is 0 Å². The summed E-state index contributed by atoms with van der Waals surface area (Å²) < 4.78 is 35.5. The molecule has 0 aliphatic rings. The lowest BCUT2D eigenvalue weighted by Crippen LogP contribution is -2.18. The zero-order valence-electron chi connectivity index (χ0n) is 20.0. The highest BCUT2D eigenvalue weighted by molar-refractivity contribution is 9.10. The van der Waals surface area contributed by atoms with Crippen LogP contribution < -0.4 is 14.8 Å². The number of nitrogens with one attached hydrogen (secondary N) is 2. The minimum atomic E-state index is -4.04. The fraction of sp³-hybridized carbons (Fsp3) is 0. The average Bonchev–Trinajstić information content (AvgIpc) is 2.91. The molecule has 196 valence electrons. The summed E-state index contributed by atoms with van der Waals surface area (Å²) in [7, 11) is -4.04. The number of carbonyl (C=O) groups excluding carboxylic acids is 1. The third kappa shape index (κ3) is 6.37. The van der Waals surface area contributed by atoms with Crippen molar-refractivity contribution < 1.29 is 17.9 Å². The van der Waals surface area contributed by atoms with Crippen LogP contribution in [0.3, 0.4) is 0 Å². The second-order valence-electron chi connectivity index (χ2n) is 8.46. The van der Waals surface area contributed by atoms with Crippen LogP contribution in [0.1, 0.15) is 10.4 Å². The molecular formula is C29H19BrCl2N2O4S. The van der Waals surface area contributed by atoms with E-state index in [4.69, 9.17) is 27.9 Å². The largest absolute Gasteiger partial charge is 0.456 e. The lowest BCUT2D eigenvalue weighted by Gasteiger charge is -2.14. The molecule has 0 aromatic heterocycles. The van der Waals surface area contributed by atoms with E-state index in [2.05, 4.69) is 26.0 Å². The molecule has 0 atom stereocenters. The molecule has 0 fully saturated rings. The molecular weight excluding hydrogens is 623 g/mol. The number of hydrogen-bond acceptors (Lipinski definition) is 4. The van der Waals surface area contributed by atoms with Gasteiger partial charge in [-0.1, -0.05) is 63.4 Å². The van der Waals surface area contributed by atoms with Gasteiger partial charge in [0, 0.05) is 15.2 Å². The van der Waals surface area contributed by atoms with E-state index < -0.39 is 15.9 Å². The van der Waals surface area contributed by atoms with Crippen molar-refractivity contribution in [3.63, 3.8) is 0 Å². The van der Waals surface area contributed by atoms with Crippen LogP contribution in [0.5, 0.6) is 11.5 Å². The molecule has 0 aliphatic carbocycles. The Labute approximate surface area is 243 Å². The van der Waals surface area contributed by atoms with Crippen molar-refractivity contribution >= 4 is 77.2 Å². The Hall–Kier alpha value is -3.56. The molecule has 2 N–H and O–H groups in total. The predicted molar refractivity (Wildman–Crippen MR) is 160 cm³/mol. The van der Waals surface area contributed by atoms with E-state index in [0.717, 1.165) is 15.2 Å². The van der Waals surface area contributed by atoms with E-state index in [1.54, 1.807) is 30.3 Å².